The molecule has 13 heavy (non-hydrogen) atoms. The Morgan fingerprint density at radius 3 is 2.69 bits per heavy atom. The zero-order valence-electron chi connectivity index (χ0n) is 8.44. The Balaban J connectivity index is 2.42. The van der Waals surface area contributed by atoms with Crippen LogP contribution in [0.3, 0.4) is 0 Å². The molecular weight excluding hydrogens is 160 g/mol. The van der Waals surface area contributed by atoms with Crippen molar-refractivity contribution in [2.24, 2.45) is 0 Å². The summed E-state index contributed by atoms with van der Waals surface area (Å²) in [6, 6.07) is 2.24. The molecule has 0 radical (unpaired) electrons. The summed E-state index contributed by atoms with van der Waals surface area (Å²) in [6.45, 7) is 7.59. The van der Waals surface area contributed by atoms with Crippen LogP contribution in [0, 0.1) is 0 Å². The van der Waals surface area contributed by atoms with E-state index in [2.05, 4.69) is 43.2 Å². The van der Waals surface area contributed by atoms with Gasteiger partial charge in [-0.15, -0.1) is 0 Å². The van der Waals surface area contributed by atoms with Gasteiger partial charge in [-0.2, -0.15) is 0 Å². The van der Waals surface area contributed by atoms with Crippen molar-refractivity contribution in [3.05, 3.63) is 29.2 Å². The van der Waals surface area contributed by atoms with Crippen molar-refractivity contribution in [2.75, 3.05) is 0 Å². The number of rotatable bonds is 0. The summed E-state index contributed by atoms with van der Waals surface area (Å²) >= 11 is 0. The number of aromatic nitrogens is 1. The molecule has 0 atom stereocenters. The largest absolute Gasteiger partial charge is 0.385 e. The predicted molar refractivity (Wildman–Crippen MR) is 55.4 cm³/mol. The smallest absolute Gasteiger partial charge is 0.0551 e. The molecule has 2 rings (SSSR count). The van der Waals surface area contributed by atoms with Gasteiger partial charge < -0.3 is 10.3 Å². The summed E-state index contributed by atoms with van der Waals surface area (Å²) in [7, 11) is 0. The fourth-order valence-electron chi connectivity index (χ4n) is 1.52. The van der Waals surface area contributed by atoms with Gasteiger partial charge in [-0.05, 0) is 23.9 Å². The third kappa shape index (κ3) is 1.48. The van der Waals surface area contributed by atoms with E-state index in [-0.39, 0.29) is 5.41 Å². The minimum atomic E-state index is 0.213. The van der Waals surface area contributed by atoms with Gasteiger partial charge in [0.2, 0.25) is 0 Å². The maximum atomic E-state index is 3.46. The van der Waals surface area contributed by atoms with Crippen molar-refractivity contribution in [1.82, 2.24) is 10.3 Å². The third-order valence-electron chi connectivity index (χ3n) is 2.40. The standard InChI is InChI=1S/C11H16N2/c1-11(2,3)10-6-8-4-5-12-7-9(8)13-10/h4-6,12-13H,7H2,1-3H3. The molecule has 2 heteroatoms. The number of fused-ring (bicyclic) bond motifs is 1. The van der Waals surface area contributed by atoms with Crippen molar-refractivity contribution in [1.29, 1.82) is 0 Å². The lowest BCUT2D eigenvalue weighted by molar-refractivity contribution is 0.570. The number of aromatic amines is 1. The van der Waals surface area contributed by atoms with Crippen LogP contribution in [0.5, 0.6) is 0 Å². The Labute approximate surface area is 79.0 Å². The summed E-state index contributed by atoms with van der Waals surface area (Å²) in [5.41, 5.74) is 4.15. The van der Waals surface area contributed by atoms with Crippen LogP contribution in [-0.2, 0) is 12.0 Å². The van der Waals surface area contributed by atoms with Crippen LogP contribution >= 0.6 is 0 Å². The van der Waals surface area contributed by atoms with Crippen LogP contribution in [0.25, 0.3) is 6.08 Å². The highest BCUT2D eigenvalue weighted by atomic mass is 14.9. The Kier molecular flexibility index (Phi) is 1.72. The maximum Gasteiger partial charge on any atom is 0.0551 e. The van der Waals surface area contributed by atoms with E-state index < -0.39 is 0 Å². The van der Waals surface area contributed by atoms with Gasteiger partial charge >= 0.3 is 0 Å². The first kappa shape index (κ1) is 8.42. The molecule has 0 aromatic carbocycles. The molecule has 0 fully saturated rings. The van der Waals surface area contributed by atoms with Gasteiger partial charge in [-0.25, -0.2) is 0 Å². The SMILES string of the molecule is CC(C)(C)c1cc2c([nH]1)CNC=C2. The molecule has 2 heterocycles. The van der Waals surface area contributed by atoms with Gasteiger partial charge in [0.05, 0.1) is 6.54 Å². The van der Waals surface area contributed by atoms with Crippen LogP contribution in [-0.4, -0.2) is 4.98 Å². The topological polar surface area (TPSA) is 27.8 Å². The molecular formula is C11H16N2. The van der Waals surface area contributed by atoms with Crippen LogP contribution in [0.4, 0.5) is 0 Å². The van der Waals surface area contributed by atoms with Crippen molar-refractivity contribution in [3.8, 4) is 0 Å². The van der Waals surface area contributed by atoms with Gasteiger partial charge in [0.25, 0.3) is 0 Å². The Bertz CT molecular complexity index is 339. The van der Waals surface area contributed by atoms with E-state index in [0.717, 1.165) is 6.54 Å². The monoisotopic (exact) mass is 176 g/mol. The van der Waals surface area contributed by atoms with Crippen LogP contribution < -0.4 is 5.32 Å². The molecule has 70 valence electrons. The van der Waals surface area contributed by atoms with Gasteiger partial charge in [-0.1, -0.05) is 20.8 Å². The third-order valence-corrected chi connectivity index (χ3v) is 2.40. The number of hydrogen-bond donors (Lipinski definition) is 2. The summed E-state index contributed by atoms with van der Waals surface area (Å²) in [5.74, 6) is 0. The highest BCUT2D eigenvalue weighted by molar-refractivity contribution is 5.55. The Morgan fingerprint density at radius 1 is 1.31 bits per heavy atom. The molecule has 0 saturated heterocycles. The zero-order valence-corrected chi connectivity index (χ0v) is 8.44. The normalized spacial score (nSPS) is 15.3. The molecule has 1 aromatic rings. The van der Waals surface area contributed by atoms with Gasteiger partial charge in [0, 0.05) is 16.8 Å². The fraction of sp³-hybridized carbons (Fsp3) is 0.455. The first-order valence-electron chi connectivity index (χ1n) is 4.70. The summed E-state index contributed by atoms with van der Waals surface area (Å²) < 4.78 is 0. The van der Waals surface area contributed by atoms with Crippen LogP contribution in [0.2, 0.25) is 0 Å². The van der Waals surface area contributed by atoms with Gasteiger partial charge in [0.15, 0.2) is 0 Å². The lowest BCUT2D eigenvalue weighted by Crippen LogP contribution is -2.12. The molecule has 0 spiro atoms. The lowest BCUT2D eigenvalue weighted by Gasteiger charge is -2.15. The first-order chi connectivity index (χ1) is 6.07. The van der Waals surface area contributed by atoms with Crippen molar-refractivity contribution in [3.63, 3.8) is 0 Å². The van der Waals surface area contributed by atoms with E-state index in [1.54, 1.807) is 0 Å². The lowest BCUT2D eigenvalue weighted by atomic mass is 9.92. The van der Waals surface area contributed by atoms with Crippen molar-refractivity contribution >= 4 is 6.08 Å². The van der Waals surface area contributed by atoms with E-state index >= 15 is 0 Å². The Morgan fingerprint density at radius 2 is 2.08 bits per heavy atom. The average molecular weight is 176 g/mol. The Hall–Kier alpha value is -1.18. The highest BCUT2D eigenvalue weighted by Gasteiger charge is 2.18. The molecule has 1 aliphatic heterocycles. The van der Waals surface area contributed by atoms with E-state index in [9.17, 15) is 0 Å². The highest BCUT2D eigenvalue weighted by Crippen LogP contribution is 2.25. The molecule has 0 unspecified atom stereocenters. The van der Waals surface area contributed by atoms with Gasteiger partial charge in [-0.3, -0.25) is 0 Å². The minimum Gasteiger partial charge on any atom is -0.385 e. The molecule has 0 bridgehead atoms. The second-order valence-electron chi connectivity index (χ2n) is 4.58. The van der Waals surface area contributed by atoms with Crippen LogP contribution in [0.1, 0.15) is 37.7 Å². The van der Waals surface area contributed by atoms with Crippen LogP contribution in [0.15, 0.2) is 12.3 Å². The summed E-state index contributed by atoms with van der Waals surface area (Å²) in [6.07, 6.45) is 4.12. The summed E-state index contributed by atoms with van der Waals surface area (Å²) in [5, 5.41) is 3.19. The average Bonchev–Trinajstić information content (AvgIpc) is 2.45. The first-order valence-corrected chi connectivity index (χ1v) is 4.70. The molecule has 2 nitrogen and oxygen atoms in total. The number of nitrogens with one attached hydrogen (secondary N) is 2. The van der Waals surface area contributed by atoms with Gasteiger partial charge in [0.1, 0.15) is 0 Å². The minimum absolute atomic E-state index is 0.213. The molecule has 2 N–H and O–H groups in total. The summed E-state index contributed by atoms with van der Waals surface area (Å²) in [4.78, 5) is 3.46. The predicted octanol–water partition coefficient (Wildman–Crippen LogP) is 2.39. The number of H-pyrrole nitrogens is 1. The van der Waals surface area contributed by atoms with Crippen molar-refractivity contribution in [2.45, 2.75) is 32.7 Å². The molecule has 0 saturated carbocycles. The second kappa shape index (κ2) is 2.66. The second-order valence-corrected chi connectivity index (χ2v) is 4.58. The van der Waals surface area contributed by atoms with E-state index in [1.807, 2.05) is 6.20 Å². The fourth-order valence-corrected chi connectivity index (χ4v) is 1.52. The van der Waals surface area contributed by atoms with E-state index in [0.29, 0.717) is 0 Å². The zero-order chi connectivity index (χ0) is 9.47. The maximum absolute atomic E-state index is 3.46. The number of hydrogen-bond acceptors (Lipinski definition) is 1. The molecule has 1 aromatic heterocycles. The quantitative estimate of drug-likeness (QED) is 0.624. The van der Waals surface area contributed by atoms with Crippen molar-refractivity contribution < 1.29 is 0 Å². The van der Waals surface area contributed by atoms with E-state index in [4.69, 9.17) is 0 Å². The molecule has 0 amide bonds. The molecule has 1 aliphatic rings. The molecule has 0 aliphatic carbocycles. The van der Waals surface area contributed by atoms with E-state index in [1.165, 1.54) is 17.0 Å².